The zero-order valence-electron chi connectivity index (χ0n) is 22.1. The summed E-state index contributed by atoms with van der Waals surface area (Å²) in [6.45, 7) is 1.50. The summed E-state index contributed by atoms with van der Waals surface area (Å²) in [5.74, 6) is 1.40. The monoisotopic (exact) mass is 546 g/mol. The minimum atomic E-state index is -0.357. The maximum absolute atomic E-state index is 12.7. The number of carbonyl (C=O) groups excluding carboxylic acids is 2. The molecular weight excluding hydrogens is 508 g/mol. The third-order valence-corrected chi connectivity index (χ3v) is 7.88. The Morgan fingerprint density at radius 2 is 1.92 bits per heavy atom. The summed E-state index contributed by atoms with van der Waals surface area (Å²) in [6, 6.07) is 3.24. The van der Waals surface area contributed by atoms with Crippen LogP contribution in [0.15, 0.2) is 16.9 Å². The summed E-state index contributed by atoms with van der Waals surface area (Å²) < 4.78 is 7.11. The van der Waals surface area contributed by atoms with Crippen molar-refractivity contribution in [1.29, 1.82) is 0 Å². The number of carbonyl (C=O) groups is 2. The highest BCUT2D eigenvalue weighted by atomic mass is 35.5. The average Bonchev–Trinajstić information content (AvgIpc) is 3.28. The molecule has 2 N–H and O–H groups in total. The minimum Gasteiger partial charge on any atom is -0.493 e. The van der Waals surface area contributed by atoms with E-state index < -0.39 is 0 Å². The molecule has 2 aliphatic rings. The highest BCUT2D eigenvalue weighted by Gasteiger charge is 2.23. The lowest BCUT2D eigenvalue weighted by Crippen LogP contribution is -2.34. The van der Waals surface area contributed by atoms with Crippen molar-refractivity contribution < 1.29 is 19.4 Å². The van der Waals surface area contributed by atoms with Crippen LogP contribution in [-0.4, -0.2) is 57.7 Å². The summed E-state index contributed by atoms with van der Waals surface area (Å²) in [7, 11) is 0. The van der Waals surface area contributed by atoms with Crippen molar-refractivity contribution in [2.45, 2.75) is 83.6 Å². The summed E-state index contributed by atoms with van der Waals surface area (Å²) in [4.78, 5) is 43.2. The Labute approximate surface area is 228 Å². The maximum atomic E-state index is 12.7. The molecule has 9 nitrogen and oxygen atoms in total. The second-order valence-corrected chi connectivity index (χ2v) is 10.8. The molecule has 0 bridgehead atoms. The first-order chi connectivity index (χ1) is 18.5. The van der Waals surface area contributed by atoms with Crippen molar-refractivity contribution in [3.63, 3.8) is 0 Å². The van der Waals surface area contributed by atoms with Crippen molar-refractivity contribution >= 4 is 40.3 Å². The lowest BCUT2D eigenvalue weighted by molar-refractivity contribution is -0.132. The molecule has 0 atom stereocenters. The largest absolute Gasteiger partial charge is 0.493 e. The van der Waals surface area contributed by atoms with E-state index >= 15 is 0 Å². The molecule has 1 aromatic carbocycles. The number of aliphatic hydroxyl groups is 1. The lowest BCUT2D eigenvalue weighted by atomic mass is 9.86. The molecule has 0 spiro atoms. The molecule has 1 fully saturated rings. The fourth-order valence-corrected chi connectivity index (χ4v) is 5.79. The predicted octanol–water partition coefficient (Wildman–Crippen LogP) is 4.51. The lowest BCUT2D eigenvalue weighted by Gasteiger charge is -2.24. The van der Waals surface area contributed by atoms with E-state index in [2.05, 4.69) is 10.3 Å². The van der Waals surface area contributed by atoms with Crippen molar-refractivity contribution in [3.8, 4) is 5.75 Å². The zero-order chi connectivity index (χ0) is 26.9. The van der Waals surface area contributed by atoms with Gasteiger partial charge in [-0.25, -0.2) is 4.98 Å². The standard InChI is InChI=1S/C28H39ClN4O5/c29-22-17-21(18-23-26(22)27(37)33-19-24(35)31-28(33)30-23)38-16-8-2-5-12-25(36)32(14-15-34)13-7-6-11-20-9-3-1-4-10-20/h17-18,20,34H,1-16,19H2,(H,30,31,35). The van der Waals surface area contributed by atoms with Crippen LogP contribution in [0.4, 0.5) is 5.95 Å². The van der Waals surface area contributed by atoms with Crippen LogP contribution < -0.4 is 15.6 Å². The van der Waals surface area contributed by atoms with Crippen molar-refractivity contribution in [3.05, 3.63) is 27.5 Å². The van der Waals surface area contributed by atoms with Gasteiger partial charge >= 0.3 is 0 Å². The first-order valence-corrected chi connectivity index (χ1v) is 14.4. The highest BCUT2D eigenvalue weighted by molar-refractivity contribution is 6.35. The third kappa shape index (κ3) is 7.47. The van der Waals surface area contributed by atoms with Gasteiger partial charge in [0.05, 0.1) is 29.1 Å². The molecule has 1 aliphatic carbocycles. The molecule has 4 rings (SSSR count). The SMILES string of the molecule is O=C1Cn2c(nc3cc(OCCCCCC(=O)N(CCO)CCCCC4CCCCC4)cc(Cl)c3c2=O)N1. The second kappa shape index (κ2) is 13.9. The summed E-state index contributed by atoms with van der Waals surface area (Å²) in [5.41, 5.74) is 0.0169. The number of benzene rings is 1. The molecule has 1 aliphatic heterocycles. The van der Waals surface area contributed by atoms with Gasteiger partial charge in [-0.2, -0.15) is 0 Å². The first-order valence-electron chi connectivity index (χ1n) is 14.0. The Morgan fingerprint density at radius 1 is 1.11 bits per heavy atom. The Kier molecular flexibility index (Phi) is 10.4. The summed E-state index contributed by atoms with van der Waals surface area (Å²) in [6.07, 6.45) is 13.1. The third-order valence-electron chi connectivity index (χ3n) is 7.58. The van der Waals surface area contributed by atoms with Gasteiger partial charge in [0.25, 0.3) is 5.56 Å². The van der Waals surface area contributed by atoms with Crippen molar-refractivity contribution in [1.82, 2.24) is 14.5 Å². The van der Waals surface area contributed by atoms with Crippen LogP contribution in [-0.2, 0) is 16.1 Å². The van der Waals surface area contributed by atoms with Crippen molar-refractivity contribution in [2.75, 3.05) is 31.6 Å². The number of aliphatic hydroxyl groups excluding tert-OH is 1. The molecule has 2 aromatic rings. The highest BCUT2D eigenvalue weighted by Crippen LogP contribution is 2.29. The van der Waals surface area contributed by atoms with Gasteiger partial charge in [0, 0.05) is 25.6 Å². The predicted molar refractivity (Wildman–Crippen MR) is 148 cm³/mol. The van der Waals surface area contributed by atoms with Gasteiger partial charge in [-0.3, -0.25) is 24.3 Å². The number of anilines is 1. The molecule has 208 valence electrons. The number of rotatable bonds is 14. The second-order valence-electron chi connectivity index (χ2n) is 10.4. The number of hydrogen-bond donors (Lipinski definition) is 2. The molecular formula is C28H39ClN4O5. The number of aromatic nitrogens is 2. The molecule has 1 aromatic heterocycles. The van der Waals surface area contributed by atoms with Gasteiger partial charge in [0.15, 0.2) is 0 Å². The fourth-order valence-electron chi connectivity index (χ4n) is 5.50. The molecule has 1 saturated carbocycles. The fraction of sp³-hybridized carbons (Fsp3) is 0.643. The number of amides is 2. The molecule has 2 heterocycles. The molecule has 38 heavy (non-hydrogen) atoms. The van der Waals surface area contributed by atoms with Gasteiger partial charge < -0.3 is 14.7 Å². The molecule has 2 amide bonds. The number of hydrogen-bond acceptors (Lipinski definition) is 6. The van der Waals surface area contributed by atoms with Gasteiger partial charge in [-0.15, -0.1) is 0 Å². The van der Waals surface area contributed by atoms with Crippen LogP contribution >= 0.6 is 11.6 Å². The van der Waals surface area contributed by atoms with Crippen LogP contribution in [0, 0.1) is 5.92 Å². The van der Waals surface area contributed by atoms with Crippen molar-refractivity contribution in [2.24, 2.45) is 5.92 Å². The van der Waals surface area contributed by atoms with Gasteiger partial charge in [0.1, 0.15) is 12.3 Å². The van der Waals surface area contributed by atoms with E-state index in [1.165, 1.54) is 43.1 Å². The van der Waals surface area contributed by atoms with Gasteiger partial charge in [-0.1, -0.05) is 56.5 Å². The van der Waals surface area contributed by atoms with E-state index in [-0.39, 0.29) is 46.9 Å². The number of fused-ring (bicyclic) bond motifs is 2. The molecule has 0 saturated heterocycles. The van der Waals surface area contributed by atoms with Gasteiger partial charge in [0.2, 0.25) is 17.8 Å². The Balaban J connectivity index is 1.17. The molecule has 10 heteroatoms. The van der Waals surface area contributed by atoms with Gasteiger partial charge in [-0.05, 0) is 37.7 Å². The van der Waals surface area contributed by atoms with Crippen LogP contribution in [0.3, 0.4) is 0 Å². The van der Waals surface area contributed by atoms with E-state index in [9.17, 15) is 19.5 Å². The smallest absolute Gasteiger partial charge is 0.264 e. The average molecular weight is 547 g/mol. The number of ether oxygens (including phenoxy) is 1. The van der Waals surface area contributed by atoms with Crippen LogP contribution in [0.25, 0.3) is 10.9 Å². The van der Waals surface area contributed by atoms with E-state index in [0.717, 1.165) is 44.6 Å². The van der Waals surface area contributed by atoms with E-state index in [0.29, 0.717) is 30.8 Å². The first kappa shape index (κ1) is 28.4. The number of nitrogens with zero attached hydrogens (tertiary/aromatic N) is 3. The minimum absolute atomic E-state index is 0.00686. The number of unbranched alkanes of at least 4 members (excludes halogenated alkanes) is 3. The molecule has 0 radical (unpaired) electrons. The van der Waals surface area contributed by atoms with E-state index in [1.54, 1.807) is 12.1 Å². The quantitative estimate of drug-likeness (QED) is 0.337. The number of halogens is 1. The van der Waals surface area contributed by atoms with E-state index in [1.807, 2.05) is 4.90 Å². The Bertz CT molecular complexity index is 1180. The maximum Gasteiger partial charge on any atom is 0.264 e. The normalized spacial score (nSPS) is 15.5. The van der Waals surface area contributed by atoms with Crippen LogP contribution in [0.1, 0.15) is 77.0 Å². The Morgan fingerprint density at radius 3 is 2.71 bits per heavy atom. The zero-order valence-corrected chi connectivity index (χ0v) is 22.8. The van der Waals surface area contributed by atoms with E-state index in [4.69, 9.17) is 16.3 Å². The van der Waals surface area contributed by atoms with Crippen LogP contribution in [0.5, 0.6) is 5.75 Å². The molecule has 0 unspecified atom stereocenters. The Hall–Kier alpha value is -2.65. The summed E-state index contributed by atoms with van der Waals surface area (Å²) in [5, 5.41) is 12.5. The topological polar surface area (TPSA) is 114 Å². The van der Waals surface area contributed by atoms with Crippen LogP contribution in [0.2, 0.25) is 5.02 Å². The summed E-state index contributed by atoms with van der Waals surface area (Å²) >= 11 is 6.34. The number of nitrogens with one attached hydrogen (secondary N) is 1.